The highest BCUT2D eigenvalue weighted by Gasteiger charge is 2.09. The summed E-state index contributed by atoms with van der Waals surface area (Å²) in [6.07, 6.45) is 1.64. The third-order valence-corrected chi connectivity index (χ3v) is 2.61. The van der Waals surface area contributed by atoms with Gasteiger partial charge in [-0.1, -0.05) is 29.3 Å². The number of nitrogens with zero attached hydrogens (tertiary/aromatic N) is 1. The van der Waals surface area contributed by atoms with Gasteiger partial charge in [-0.3, -0.25) is 4.98 Å². The van der Waals surface area contributed by atoms with Crippen LogP contribution in [0.3, 0.4) is 0 Å². The van der Waals surface area contributed by atoms with Crippen molar-refractivity contribution in [3.8, 4) is 0 Å². The quantitative estimate of drug-likeness (QED) is 0.805. The van der Waals surface area contributed by atoms with E-state index in [1.807, 2.05) is 6.07 Å². The zero-order valence-electron chi connectivity index (χ0n) is 9.27. The Morgan fingerprint density at radius 1 is 1.17 bits per heavy atom. The molecule has 0 saturated carbocycles. The fraction of sp³-hybridized carbons (Fsp3) is 0.0769. The van der Waals surface area contributed by atoms with Gasteiger partial charge in [-0.2, -0.15) is 0 Å². The van der Waals surface area contributed by atoms with E-state index >= 15 is 0 Å². The molecule has 0 atom stereocenters. The molecule has 1 aromatic carbocycles. The summed E-state index contributed by atoms with van der Waals surface area (Å²) in [7, 11) is 0. The van der Waals surface area contributed by atoms with Crippen LogP contribution in [0, 0.1) is 0 Å². The van der Waals surface area contributed by atoms with Gasteiger partial charge in [0.15, 0.2) is 0 Å². The van der Waals surface area contributed by atoms with Crippen molar-refractivity contribution in [2.45, 2.75) is 6.61 Å². The average molecular weight is 282 g/mol. The Morgan fingerprint density at radius 3 is 2.50 bits per heavy atom. The number of aromatic nitrogens is 1. The monoisotopic (exact) mass is 281 g/mol. The minimum Gasteiger partial charge on any atom is -0.456 e. The number of hydrogen-bond acceptors (Lipinski definition) is 3. The molecule has 0 unspecified atom stereocenters. The van der Waals surface area contributed by atoms with Crippen molar-refractivity contribution in [3.63, 3.8) is 0 Å². The first kappa shape index (κ1) is 12.9. The lowest BCUT2D eigenvalue weighted by Crippen LogP contribution is -2.06. The largest absolute Gasteiger partial charge is 0.456 e. The maximum atomic E-state index is 11.8. The summed E-state index contributed by atoms with van der Waals surface area (Å²) in [5, 5.41) is 0.791. The number of pyridine rings is 1. The Kier molecular flexibility index (Phi) is 4.18. The number of halogens is 2. The van der Waals surface area contributed by atoms with E-state index in [0.29, 0.717) is 21.3 Å². The first-order chi connectivity index (χ1) is 8.65. The number of esters is 1. The summed E-state index contributed by atoms with van der Waals surface area (Å²) in [5.41, 5.74) is 1.00. The lowest BCUT2D eigenvalue weighted by molar-refractivity contribution is 0.0468. The smallest absolute Gasteiger partial charge is 0.338 e. The topological polar surface area (TPSA) is 39.2 Å². The molecule has 1 aromatic heterocycles. The van der Waals surface area contributed by atoms with Crippen LogP contribution in [0.25, 0.3) is 0 Å². The summed E-state index contributed by atoms with van der Waals surface area (Å²) >= 11 is 11.6. The maximum absolute atomic E-state index is 11.8. The molecule has 3 nitrogen and oxygen atoms in total. The van der Waals surface area contributed by atoms with Crippen LogP contribution in [0.2, 0.25) is 10.0 Å². The number of carbonyl (C=O) groups is 1. The van der Waals surface area contributed by atoms with Gasteiger partial charge in [0, 0.05) is 16.2 Å². The molecule has 0 saturated heterocycles. The fourth-order valence-electron chi connectivity index (χ4n) is 1.38. The first-order valence-corrected chi connectivity index (χ1v) is 5.94. The van der Waals surface area contributed by atoms with Crippen LogP contribution in [-0.4, -0.2) is 11.0 Å². The predicted molar refractivity (Wildman–Crippen MR) is 69.8 cm³/mol. The third kappa shape index (κ3) is 3.45. The van der Waals surface area contributed by atoms with Gasteiger partial charge in [-0.25, -0.2) is 4.79 Å². The molecule has 0 radical (unpaired) electrons. The highest BCUT2D eigenvalue weighted by atomic mass is 35.5. The van der Waals surface area contributed by atoms with E-state index in [2.05, 4.69) is 4.98 Å². The molecule has 92 valence electrons. The third-order valence-electron chi connectivity index (χ3n) is 2.18. The molecule has 0 N–H and O–H groups in total. The summed E-state index contributed by atoms with van der Waals surface area (Å²) < 4.78 is 5.11. The zero-order valence-corrected chi connectivity index (χ0v) is 10.8. The van der Waals surface area contributed by atoms with Crippen molar-refractivity contribution >= 4 is 29.2 Å². The molecular weight excluding hydrogens is 273 g/mol. The van der Waals surface area contributed by atoms with Gasteiger partial charge < -0.3 is 4.74 Å². The summed E-state index contributed by atoms with van der Waals surface area (Å²) in [4.78, 5) is 15.8. The van der Waals surface area contributed by atoms with Crippen LogP contribution in [-0.2, 0) is 11.3 Å². The van der Waals surface area contributed by atoms with Crippen LogP contribution in [0.5, 0.6) is 0 Å². The summed E-state index contributed by atoms with van der Waals surface area (Å²) in [6, 6.07) is 9.97. The molecule has 0 aliphatic heterocycles. The minimum absolute atomic E-state index is 0.115. The van der Waals surface area contributed by atoms with Crippen molar-refractivity contribution < 1.29 is 9.53 Å². The summed E-state index contributed by atoms with van der Waals surface area (Å²) in [5.74, 6) is -0.481. The Labute approximate surface area is 114 Å². The predicted octanol–water partition coefficient (Wildman–Crippen LogP) is 3.75. The Hall–Kier alpha value is -1.58. The molecule has 0 fully saturated rings. The molecule has 0 amide bonds. The summed E-state index contributed by atoms with van der Waals surface area (Å²) in [6.45, 7) is 0.115. The second-order valence-electron chi connectivity index (χ2n) is 3.56. The van der Waals surface area contributed by atoms with Gasteiger partial charge in [-0.05, 0) is 30.3 Å². The van der Waals surface area contributed by atoms with E-state index in [9.17, 15) is 4.79 Å². The van der Waals surface area contributed by atoms with E-state index < -0.39 is 5.97 Å². The second kappa shape index (κ2) is 5.85. The fourth-order valence-corrected chi connectivity index (χ4v) is 1.90. The van der Waals surface area contributed by atoms with E-state index in [4.69, 9.17) is 27.9 Å². The lowest BCUT2D eigenvalue weighted by atomic mass is 10.2. The molecule has 0 aliphatic carbocycles. The molecule has 1 heterocycles. The lowest BCUT2D eigenvalue weighted by Gasteiger charge is -2.05. The average Bonchev–Trinajstić information content (AvgIpc) is 2.36. The van der Waals surface area contributed by atoms with Gasteiger partial charge in [-0.15, -0.1) is 0 Å². The van der Waals surface area contributed by atoms with Crippen LogP contribution >= 0.6 is 23.2 Å². The minimum atomic E-state index is -0.481. The molecule has 2 rings (SSSR count). The van der Waals surface area contributed by atoms with Crippen LogP contribution < -0.4 is 0 Å². The van der Waals surface area contributed by atoms with E-state index in [0.717, 1.165) is 0 Å². The molecule has 0 aliphatic rings. The maximum Gasteiger partial charge on any atom is 0.338 e. The van der Waals surface area contributed by atoms with Crippen molar-refractivity contribution in [2.75, 3.05) is 0 Å². The number of ether oxygens (including phenoxy) is 1. The van der Waals surface area contributed by atoms with Gasteiger partial charge in [0.1, 0.15) is 6.61 Å². The zero-order chi connectivity index (χ0) is 13.0. The normalized spacial score (nSPS) is 10.1. The number of rotatable bonds is 3. The molecule has 18 heavy (non-hydrogen) atoms. The number of benzene rings is 1. The number of hydrogen-bond donors (Lipinski definition) is 0. The molecule has 5 heteroatoms. The van der Waals surface area contributed by atoms with Crippen LogP contribution in [0.15, 0.2) is 42.6 Å². The first-order valence-electron chi connectivity index (χ1n) is 5.18. The van der Waals surface area contributed by atoms with E-state index in [-0.39, 0.29) is 6.61 Å². The Balaban J connectivity index is 2.04. The number of carbonyl (C=O) groups excluding carboxylic acids is 1. The second-order valence-corrected chi connectivity index (χ2v) is 4.43. The molecule has 0 bridgehead atoms. The highest BCUT2D eigenvalue weighted by molar-refractivity contribution is 6.35. The van der Waals surface area contributed by atoms with Crippen molar-refractivity contribution in [2.24, 2.45) is 0 Å². The highest BCUT2D eigenvalue weighted by Crippen LogP contribution is 2.19. The van der Waals surface area contributed by atoms with E-state index in [1.165, 1.54) is 12.1 Å². The Morgan fingerprint density at radius 2 is 1.89 bits per heavy atom. The van der Waals surface area contributed by atoms with Crippen molar-refractivity contribution in [1.29, 1.82) is 0 Å². The van der Waals surface area contributed by atoms with Crippen LogP contribution in [0.1, 0.15) is 16.1 Å². The standard InChI is InChI=1S/C13H9Cl2NO2/c14-10-5-9(6-11(15)7-10)13(17)18-8-12-3-1-2-4-16-12/h1-7H,8H2. The van der Waals surface area contributed by atoms with Crippen LogP contribution in [0.4, 0.5) is 0 Å². The molecular formula is C13H9Cl2NO2. The molecule has 2 aromatic rings. The van der Waals surface area contributed by atoms with Gasteiger partial charge >= 0.3 is 5.97 Å². The molecule has 0 spiro atoms. The van der Waals surface area contributed by atoms with Gasteiger partial charge in [0.05, 0.1) is 11.3 Å². The van der Waals surface area contributed by atoms with Gasteiger partial charge in [0.25, 0.3) is 0 Å². The Bertz CT molecular complexity index is 538. The SMILES string of the molecule is O=C(OCc1ccccn1)c1cc(Cl)cc(Cl)c1. The van der Waals surface area contributed by atoms with Crippen molar-refractivity contribution in [3.05, 3.63) is 63.9 Å². The van der Waals surface area contributed by atoms with E-state index in [1.54, 1.807) is 24.4 Å². The van der Waals surface area contributed by atoms with Gasteiger partial charge in [0.2, 0.25) is 0 Å². The van der Waals surface area contributed by atoms with Crippen molar-refractivity contribution in [1.82, 2.24) is 4.98 Å².